The van der Waals surface area contributed by atoms with Gasteiger partial charge in [0.25, 0.3) is 0 Å². The highest BCUT2D eigenvalue weighted by molar-refractivity contribution is 7.93. The molecule has 16 heavy (non-hydrogen) atoms. The lowest BCUT2D eigenvalue weighted by molar-refractivity contribution is 0.598. The summed E-state index contributed by atoms with van der Waals surface area (Å²) in [6.45, 7) is 0. The lowest BCUT2D eigenvalue weighted by atomic mass is 10.4. The molecule has 1 heterocycles. The van der Waals surface area contributed by atoms with Crippen LogP contribution in [-0.2, 0) is 9.84 Å². The molecule has 0 saturated carbocycles. The van der Waals surface area contributed by atoms with E-state index < -0.39 is 9.84 Å². The van der Waals surface area contributed by atoms with Gasteiger partial charge in [0.2, 0.25) is 9.84 Å². The van der Waals surface area contributed by atoms with Crippen molar-refractivity contribution in [2.45, 2.75) is 9.10 Å². The third-order valence-electron chi connectivity index (χ3n) is 2.02. The summed E-state index contributed by atoms with van der Waals surface area (Å²) in [6, 6.07) is 8.34. The third kappa shape index (κ3) is 1.94. The number of anilines is 1. The Morgan fingerprint density at radius 1 is 1.25 bits per heavy atom. The Morgan fingerprint density at radius 2 is 1.94 bits per heavy atom. The maximum Gasteiger partial charge on any atom is 0.217 e. The lowest BCUT2D eigenvalue weighted by Crippen LogP contribution is -1.98. The standard InChI is InChI=1S/C10H10N2O2S2/c1-11-10-12-7-9(15-10)16(13,14)8-5-3-2-4-6-8/h2-7H,1H3,(H,11,12). The zero-order chi connectivity index (χ0) is 11.6. The van der Waals surface area contributed by atoms with Gasteiger partial charge in [0.05, 0.1) is 11.1 Å². The molecule has 0 aliphatic carbocycles. The highest BCUT2D eigenvalue weighted by Gasteiger charge is 2.20. The minimum Gasteiger partial charge on any atom is -0.365 e. The van der Waals surface area contributed by atoms with E-state index in [1.807, 2.05) is 0 Å². The Bertz CT molecular complexity index is 576. The van der Waals surface area contributed by atoms with E-state index in [1.165, 1.54) is 6.20 Å². The molecule has 0 fully saturated rings. The smallest absolute Gasteiger partial charge is 0.217 e. The summed E-state index contributed by atoms with van der Waals surface area (Å²) in [5.74, 6) is 0. The number of rotatable bonds is 3. The molecular weight excluding hydrogens is 244 g/mol. The quantitative estimate of drug-likeness (QED) is 0.910. The number of hydrogen-bond donors (Lipinski definition) is 1. The molecule has 1 aromatic heterocycles. The van der Waals surface area contributed by atoms with Crippen molar-refractivity contribution in [1.82, 2.24) is 4.98 Å². The van der Waals surface area contributed by atoms with Crippen molar-refractivity contribution in [2.24, 2.45) is 0 Å². The van der Waals surface area contributed by atoms with E-state index in [9.17, 15) is 8.42 Å². The number of benzene rings is 1. The van der Waals surface area contributed by atoms with Gasteiger partial charge in [-0.2, -0.15) is 0 Å². The first-order valence-electron chi connectivity index (χ1n) is 4.58. The highest BCUT2D eigenvalue weighted by atomic mass is 32.2. The van der Waals surface area contributed by atoms with Crippen LogP contribution in [-0.4, -0.2) is 20.4 Å². The topological polar surface area (TPSA) is 59.1 Å². The highest BCUT2D eigenvalue weighted by Crippen LogP contribution is 2.27. The van der Waals surface area contributed by atoms with Gasteiger partial charge in [-0.15, -0.1) is 0 Å². The van der Waals surface area contributed by atoms with Crippen molar-refractivity contribution < 1.29 is 8.42 Å². The summed E-state index contributed by atoms with van der Waals surface area (Å²) < 4.78 is 24.5. The summed E-state index contributed by atoms with van der Waals surface area (Å²) in [4.78, 5) is 4.25. The van der Waals surface area contributed by atoms with Crippen LogP contribution in [0.3, 0.4) is 0 Å². The fraction of sp³-hybridized carbons (Fsp3) is 0.100. The average Bonchev–Trinajstić information content (AvgIpc) is 2.79. The zero-order valence-electron chi connectivity index (χ0n) is 8.54. The molecule has 0 bridgehead atoms. The molecule has 84 valence electrons. The van der Waals surface area contributed by atoms with Crippen LogP contribution in [0, 0.1) is 0 Å². The molecule has 0 aliphatic heterocycles. The van der Waals surface area contributed by atoms with Gasteiger partial charge in [-0.3, -0.25) is 0 Å². The van der Waals surface area contributed by atoms with Crippen LogP contribution in [0.2, 0.25) is 0 Å². The van der Waals surface area contributed by atoms with Gasteiger partial charge >= 0.3 is 0 Å². The summed E-state index contributed by atoms with van der Waals surface area (Å²) in [6.07, 6.45) is 1.37. The van der Waals surface area contributed by atoms with E-state index in [4.69, 9.17) is 0 Å². The molecule has 0 unspecified atom stereocenters. The van der Waals surface area contributed by atoms with E-state index in [2.05, 4.69) is 10.3 Å². The van der Waals surface area contributed by atoms with Crippen LogP contribution in [0.25, 0.3) is 0 Å². The van der Waals surface area contributed by atoms with Crippen LogP contribution >= 0.6 is 11.3 Å². The lowest BCUT2D eigenvalue weighted by Gasteiger charge is -1.99. The van der Waals surface area contributed by atoms with Crippen LogP contribution in [0.15, 0.2) is 45.6 Å². The van der Waals surface area contributed by atoms with Crippen molar-refractivity contribution >= 4 is 26.3 Å². The number of sulfone groups is 1. The summed E-state index contributed by atoms with van der Waals surface area (Å²) in [5, 5.41) is 3.41. The maximum absolute atomic E-state index is 12.1. The molecule has 4 nitrogen and oxygen atoms in total. The number of aromatic nitrogens is 1. The molecule has 0 saturated heterocycles. The first-order valence-corrected chi connectivity index (χ1v) is 6.88. The van der Waals surface area contributed by atoms with Gasteiger partial charge in [0.1, 0.15) is 4.21 Å². The predicted octanol–water partition coefficient (Wildman–Crippen LogP) is 2.02. The maximum atomic E-state index is 12.1. The van der Waals surface area contributed by atoms with Crippen molar-refractivity contribution in [1.29, 1.82) is 0 Å². The van der Waals surface area contributed by atoms with Crippen LogP contribution in [0.1, 0.15) is 0 Å². The van der Waals surface area contributed by atoms with Crippen LogP contribution in [0.4, 0.5) is 5.13 Å². The van der Waals surface area contributed by atoms with Gasteiger partial charge < -0.3 is 5.32 Å². The molecule has 6 heteroatoms. The molecule has 1 N–H and O–H groups in total. The summed E-state index contributed by atoms with van der Waals surface area (Å²) >= 11 is 1.12. The minimum atomic E-state index is -3.41. The third-order valence-corrected chi connectivity index (χ3v) is 5.26. The molecule has 0 atom stereocenters. The van der Waals surface area contributed by atoms with Crippen molar-refractivity contribution in [3.63, 3.8) is 0 Å². The average molecular weight is 254 g/mol. The number of hydrogen-bond acceptors (Lipinski definition) is 5. The van der Waals surface area contributed by atoms with E-state index in [0.29, 0.717) is 10.0 Å². The van der Waals surface area contributed by atoms with Crippen LogP contribution in [0.5, 0.6) is 0 Å². The fourth-order valence-corrected chi connectivity index (χ4v) is 3.62. The molecule has 0 spiro atoms. The van der Waals surface area contributed by atoms with Crippen LogP contribution < -0.4 is 5.32 Å². The summed E-state index contributed by atoms with van der Waals surface area (Å²) in [5.41, 5.74) is 0. The monoisotopic (exact) mass is 254 g/mol. The van der Waals surface area contributed by atoms with E-state index in [1.54, 1.807) is 37.4 Å². The molecule has 0 radical (unpaired) electrons. The molecule has 2 rings (SSSR count). The van der Waals surface area contributed by atoms with E-state index in [0.717, 1.165) is 11.3 Å². The Hall–Kier alpha value is -1.40. The number of thiazole rings is 1. The number of nitrogens with zero attached hydrogens (tertiary/aromatic N) is 1. The van der Waals surface area contributed by atoms with E-state index >= 15 is 0 Å². The Balaban J connectivity index is 2.47. The van der Waals surface area contributed by atoms with Gasteiger partial charge in [-0.25, -0.2) is 13.4 Å². The molecular formula is C10H10N2O2S2. The minimum absolute atomic E-state index is 0.253. The van der Waals surface area contributed by atoms with Gasteiger partial charge in [0, 0.05) is 7.05 Å². The molecule has 1 aromatic carbocycles. The van der Waals surface area contributed by atoms with Gasteiger partial charge in [0.15, 0.2) is 5.13 Å². The van der Waals surface area contributed by atoms with E-state index in [-0.39, 0.29) is 4.21 Å². The van der Waals surface area contributed by atoms with Crippen molar-refractivity contribution in [3.8, 4) is 0 Å². The predicted molar refractivity (Wildman–Crippen MR) is 63.6 cm³/mol. The second-order valence-electron chi connectivity index (χ2n) is 3.05. The zero-order valence-corrected chi connectivity index (χ0v) is 10.2. The van der Waals surface area contributed by atoms with Crippen molar-refractivity contribution in [2.75, 3.05) is 12.4 Å². The Morgan fingerprint density at radius 3 is 2.50 bits per heavy atom. The first-order chi connectivity index (χ1) is 7.64. The largest absolute Gasteiger partial charge is 0.365 e. The van der Waals surface area contributed by atoms with Gasteiger partial charge in [-0.1, -0.05) is 29.5 Å². The first kappa shape index (κ1) is 11.1. The van der Waals surface area contributed by atoms with Gasteiger partial charge in [-0.05, 0) is 12.1 Å². The Labute approximate surface area is 97.9 Å². The second kappa shape index (κ2) is 4.23. The SMILES string of the molecule is CNc1ncc(S(=O)(=O)c2ccccc2)s1. The molecule has 2 aromatic rings. The molecule has 0 aliphatic rings. The second-order valence-corrected chi connectivity index (χ2v) is 6.26. The summed E-state index contributed by atoms with van der Waals surface area (Å²) in [7, 11) is -1.71. The number of nitrogens with one attached hydrogen (secondary N) is 1. The Kier molecular flexibility index (Phi) is 2.93. The normalized spacial score (nSPS) is 11.3. The fourth-order valence-electron chi connectivity index (χ4n) is 1.21. The van der Waals surface area contributed by atoms with Crippen molar-refractivity contribution in [3.05, 3.63) is 36.5 Å². The molecule has 0 amide bonds.